The molecule has 0 aliphatic heterocycles. The predicted molar refractivity (Wildman–Crippen MR) is 92.4 cm³/mol. The molecule has 10 heteroatoms. The number of benzene rings is 1. The topological polar surface area (TPSA) is 163 Å². The van der Waals surface area contributed by atoms with E-state index >= 15 is 0 Å². The molecular weight excluding hydrogens is 342 g/mol. The van der Waals surface area contributed by atoms with Gasteiger partial charge in [0, 0.05) is 6.42 Å². The van der Waals surface area contributed by atoms with Crippen LogP contribution in [0, 0.1) is 0 Å². The number of carbonyl (C=O) groups is 4. The van der Waals surface area contributed by atoms with Gasteiger partial charge in [-0.1, -0.05) is 30.3 Å². The molecule has 1 aromatic rings. The molecule has 0 saturated heterocycles. The molecule has 0 radical (unpaired) electrons. The van der Waals surface area contributed by atoms with E-state index in [9.17, 15) is 19.2 Å². The Bertz CT molecular complexity index is 623. The van der Waals surface area contributed by atoms with Crippen LogP contribution in [0.5, 0.6) is 0 Å². The lowest BCUT2D eigenvalue weighted by molar-refractivity contribution is -0.131. The predicted octanol–water partition coefficient (Wildman–Crippen LogP) is -3.03. The highest BCUT2D eigenvalue weighted by Gasteiger charge is 2.21. The van der Waals surface area contributed by atoms with E-state index in [0.29, 0.717) is 0 Å². The SMILES string of the molecule is NCC(=O)NCC(=O)N[C@@H](Cc1ccccc1)C(=O)NCC(=O)NCO. The average Bonchev–Trinajstić information content (AvgIpc) is 2.64. The van der Waals surface area contributed by atoms with Crippen LogP contribution >= 0.6 is 0 Å². The number of rotatable bonds is 10. The zero-order valence-corrected chi connectivity index (χ0v) is 14.2. The van der Waals surface area contributed by atoms with Gasteiger partial charge >= 0.3 is 0 Å². The summed E-state index contributed by atoms with van der Waals surface area (Å²) in [4.78, 5) is 46.7. The van der Waals surface area contributed by atoms with Crippen molar-refractivity contribution in [3.63, 3.8) is 0 Å². The molecule has 1 rings (SSSR count). The first kappa shape index (κ1) is 21.1. The molecule has 7 N–H and O–H groups in total. The molecule has 0 aromatic heterocycles. The summed E-state index contributed by atoms with van der Waals surface area (Å²) in [5, 5.41) is 17.9. The van der Waals surface area contributed by atoms with Crippen LogP contribution < -0.4 is 27.0 Å². The quantitative estimate of drug-likeness (QED) is 0.242. The molecule has 1 aromatic carbocycles. The summed E-state index contributed by atoms with van der Waals surface area (Å²) in [5.74, 6) is -2.20. The maximum Gasteiger partial charge on any atom is 0.243 e. The zero-order valence-electron chi connectivity index (χ0n) is 14.2. The number of carbonyl (C=O) groups excluding carboxylic acids is 4. The molecule has 10 nitrogen and oxygen atoms in total. The Labute approximate surface area is 150 Å². The summed E-state index contributed by atoms with van der Waals surface area (Å²) in [6.07, 6.45) is 0.199. The smallest absolute Gasteiger partial charge is 0.243 e. The van der Waals surface area contributed by atoms with Gasteiger partial charge in [0.05, 0.1) is 19.6 Å². The normalized spacial score (nSPS) is 11.2. The number of nitrogens with one attached hydrogen (secondary N) is 4. The van der Waals surface area contributed by atoms with Crippen LogP contribution in [0.15, 0.2) is 30.3 Å². The van der Waals surface area contributed by atoms with Crippen LogP contribution in [0.3, 0.4) is 0 Å². The van der Waals surface area contributed by atoms with Crippen LogP contribution in [-0.2, 0) is 25.6 Å². The second kappa shape index (κ2) is 11.6. The molecular formula is C16H23N5O5. The van der Waals surface area contributed by atoms with Gasteiger partial charge in [-0.05, 0) is 5.56 Å². The first-order valence-electron chi connectivity index (χ1n) is 7.91. The number of aliphatic hydroxyl groups is 1. The maximum atomic E-state index is 12.3. The molecule has 0 heterocycles. The minimum absolute atomic E-state index is 0.199. The van der Waals surface area contributed by atoms with Gasteiger partial charge in [-0.3, -0.25) is 19.2 Å². The minimum Gasteiger partial charge on any atom is -0.376 e. The van der Waals surface area contributed by atoms with Gasteiger partial charge in [0.2, 0.25) is 23.6 Å². The monoisotopic (exact) mass is 365 g/mol. The summed E-state index contributed by atoms with van der Waals surface area (Å²) in [7, 11) is 0. The molecule has 26 heavy (non-hydrogen) atoms. The zero-order chi connectivity index (χ0) is 19.4. The minimum atomic E-state index is -0.943. The van der Waals surface area contributed by atoms with E-state index in [0.717, 1.165) is 5.56 Å². The van der Waals surface area contributed by atoms with Gasteiger partial charge in [-0.2, -0.15) is 0 Å². The van der Waals surface area contributed by atoms with Crippen molar-refractivity contribution in [2.24, 2.45) is 5.73 Å². The maximum absolute atomic E-state index is 12.3. The van der Waals surface area contributed by atoms with Crippen molar-refractivity contribution in [1.29, 1.82) is 0 Å². The standard InChI is InChI=1S/C16H23N5O5/c17-7-13(23)18-9-15(25)21-12(6-11-4-2-1-3-5-11)16(26)19-8-14(24)20-10-22/h1-5,12,22H,6-10,17H2,(H,18,23)(H,19,26)(H,20,24)(H,21,25)/t12-/m0/s1. The molecule has 0 unspecified atom stereocenters. The highest BCUT2D eigenvalue weighted by atomic mass is 16.3. The van der Waals surface area contributed by atoms with Gasteiger partial charge in [-0.15, -0.1) is 0 Å². The molecule has 142 valence electrons. The van der Waals surface area contributed by atoms with Crippen LogP contribution in [-0.4, -0.2) is 61.1 Å². The fraction of sp³-hybridized carbons (Fsp3) is 0.375. The largest absolute Gasteiger partial charge is 0.376 e. The van der Waals surface area contributed by atoms with E-state index in [4.69, 9.17) is 10.8 Å². The lowest BCUT2D eigenvalue weighted by Crippen LogP contribution is -2.52. The molecule has 1 atom stereocenters. The number of aliphatic hydroxyl groups excluding tert-OH is 1. The summed E-state index contributed by atoms with van der Waals surface area (Å²) in [6, 6.07) is 8.05. The third-order valence-electron chi connectivity index (χ3n) is 3.27. The van der Waals surface area contributed by atoms with Crippen LogP contribution in [0.25, 0.3) is 0 Å². The van der Waals surface area contributed by atoms with Crippen LogP contribution in [0.4, 0.5) is 0 Å². The Morgan fingerprint density at radius 3 is 2.19 bits per heavy atom. The fourth-order valence-electron chi connectivity index (χ4n) is 2.00. The van der Waals surface area contributed by atoms with E-state index in [1.165, 1.54) is 0 Å². The van der Waals surface area contributed by atoms with Crippen molar-refractivity contribution in [3.05, 3.63) is 35.9 Å². The lowest BCUT2D eigenvalue weighted by Gasteiger charge is -2.18. The Morgan fingerprint density at radius 1 is 0.923 bits per heavy atom. The number of hydrogen-bond donors (Lipinski definition) is 6. The number of nitrogens with two attached hydrogens (primary N) is 1. The van der Waals surface area contributed by atoms with Crippen molar-refractivity contribution < 1.29 is 24.3 Å². The second-order valence-electron chi connectivity index (χ2n) is 5.27. The first-order valence-corrected chi connectivity index (χ1v) is 7.91. The highest BCUT2D eigenvalue weighted by molar-refractivity contribution is 5.92. The Hall–Kier alpha value is -2.98. The highest BCUT2D eigenvalue weighted by Crippen LogP contribution is 2.03. The van der Waals surface area contributed by atoms with Gasteiger partial charge in [0.1, 0.15) is 12.8 Å². The van der Waals surface area contributed by atoms with Crippen molar-refractivity contribution in [2.75, 3.05) is 26.4 Å². The van der Waals surface area contributed by atoms with E-state index in [-0.39, 0.29) is 26.1 Å². The average molecular weight is 365 g/mol. The Balaban J connectivity index is 2.68. The van der Waals surface area contributed by atoms with Gasteiger partial charge in [0.25, 0.3) is 0 Å². The summed E-state index contributed by atoms with van der Waals surface area (Å²) < 4.78 is 0. The van der Waals surface area contributed by atoms with E-state index < -0.39 is 36.4 Å². The molecule has 0 saturated carbocycles. The van der Waals surface area contributed by atoms with E-state index in [1.807, 2.05) is 6.07 Å². The Kier molecular flexibility index (Phi) is 9.36. The summed E-state index contributed by atoms with van der Waals surface area (Å²) >= 11 is 0. The lowest BCUT2D eigenvalue weighted by atomic mass is 10.1. The fourth-order valence-corrected chi connectivity index (χ4v) is 2.00. The molecule has 0 spiro atoms. The molecule has 0 aliphatic carbocycles. The second-order valence-corrected chi connectivity index (χ2v) is 5.27. The van der Waals surface area contributed by atoms with E-state index in [1.54, 1.807) is 24.3 Å². The summed E-state index contributed by atoms with van der Waals surface area (Å²) in [5.41, 5.74) is 5.94. The van der Waals surface area contributed by atoms with Gasteiger partial charge < -0.3 is 32.1 Å². The Morgan fingerprint density at radius 2 is 1.58 bits per heavy atom. The number of amides is 4. The third kappa shape index (κ3) is 8.22. The van der Waals surface area contributed by atoms with Crippen molar-refractivity contribution in [2.45, 2.75) is 12.5 Å². The molecule has 0 bridgehead atoms. The molecule has 4 amide bonds. The van der Waals surface area contributed by atoms with Crippen LogP contribution in [0.2, 0.25) is 0 Å². The van der Waals surface area contributed by atoms with Gasteiger partial charge in [-0.25, -0.2) is 0 Å². The van der Waals surface area contributed by atoms with E-state index in [2.05, 4.69) is 21.3 Å². The summed E-state index contributed by atoms with van der Waals surface area (Å²) in [6.45, 7) is -1.45. The van der Waals surface area contributed by atoms with Crippen LogP contribution in [0.1, 0.15) is 5.56 Å². The van der Waals surface area contributed by atoms with Crippen molar-refractivity contribution >= 4 is 23.6 Å². The molecule has 0 aliphatic rings. The molecule has 0 fully saturated rings. The first-order chi connectivity index (χ1) is 12.5. The van der Waals surface area contributed by atoms with Gasteiger partial charge in [0.15, 0.2) is 0 Å². The van der Waals surface area contributed by atoms with Crippen molar-refractivity contribution in [1.82, 2.24) is 21.3 Å². The number of hydrogen-bond acceptors (Lipinski definition) is 6. The third-order valence-corrected chi connectivity index (χ3v) is 3.27. The van der Waals surface area contributed by atoms with Crippen molar-refractivity contribution in [3.8, 4) is 0 Å².